The maximum atomic E-state index is 11.8. The molecule has 1 atom stereocenters. The van der Waals surface area contributed by atoms with Gasteiger partial charge in [0.25, 0.3) is 0 Å². The number of phenolic OH excluding ortho intramolecular Hbond substituents is 1. The number of carbonyl (C=O) groups excluding carboxylic acids is 1. The van der Waals surface area contributed by atoms with E-state index < -0.39 is 40.1 Å². The average molecular weight is 419 g/mol. The molecule has 1 unspecified atom stereocenters. The van der Waals surface area contributed by atoms with Crippen molar-refractivity contribution in [3.05, 3.63) is 31.8 Å². The molecule has 0 aliphatic heterocycles. The van der Waals surface area contributed by atoms with E-state index in [0.717, 1.165) is 0 Å². The van der Waals surface area contributed by atoms with Crippen LogP contribution in [0.15, 0.2) is 10.5 Å². The summed E-state index contributed by atoms with van der Waals surface area (Å²) in [7, 11) is 0. The minimum atomic E-state index is -1.44. The Morgan fingerprint density at radius 3 is 2.44 bits per heavy atom. The molecule has 0 fully saturated rings. The third-order valence-corrected chi connectivity index (χ3v) is 3.96. The minimum absolute atomic E-state index is 0.00707. The molecule has 0 saturated carbocycles. The van der Waals surface area contributed by atoms with Gasteiger partial charge < -0.3 is 20.3 Å². The molecule has 10 heteroatoms. The quantitative estimate of drug-likeness (QED) is 0.493. The first-order valence-electron chi connectivity index (χ1n) is 7.21. The van der Waals surface area contributed by atoms with Crippen LogP contribution < -0.4 is 5.32 Å². The standard InChI is InChI=1S/C15H19BrN2O7/c1-7-9(16)5-8(12(19)11(7)18(23)24)6-10(13(20)21)17-14(22)25-15(2,3)4/h5,10,19H,6H2,1-4H3,(H,17,22)(H,20,21). The number of ether oxygens (including phenoxy) is 1. The minimum Gasteiger partial charge on any atom is -0.502 e. The number of nitro benzene ring substituents is 1. The van der Waals surface area contributed by atoms with E-state index in [4.69, 9.17) is 4.74 Å². The van der Waals surface area contributed by atoms with Gasteiger partial charge in [0.2, 0.25) is 0 Å². The highest BCUT2D eigenvalue weighted by Gasteiger charge is 2.29. The summed E-state index contributed by atoms with van der Waals surface area (Å²) in [6.07, 6.45) is -1.31. The second-order valence-corrected chi connectivity index (χ2v) is 7.19. The van der Waals surface area contributed by atoms with Crippen LogP contribution in [0.2, 0.25) is 0 Å². The number of nitrogens with zero attached hydrogens (tertiary/aromatic N) is 1. The fourth-order valence-electron chi connectivity index (χ4n) is 2.02. The van der Waals surface area contributed by atoms with E-state index in [0.29, 0.717) is 4.47 Å². The summed E-state index contributed by atoms with van der Waals surface area (Å²) in [5.41, 5.74) is -1.13. The molecule has 1 amide bonds. The normalized spacial score (nSPS) is 12.4. The fourth-order valence-corrected chi connectivity index (χ4v) is 2.49. The Morgan fingerprint density at radius 1 is 1.44 bits per heavy atom. The highest BCUT2D eigenvalue weighted by molar-refractivity contribution is 9.10. The lowest BCUT2D eigenvalue weighted by Gasteiger charge is -2.22. The van der Waals surface area contributed by atoms with Gasteiger partial charge in [-0.05, 0) is 33.8 Å². The summed E-state index contributed by atoms with van der Waals surface area (Å²) in [5.74, 6) is -2.01. The number of amides is 1. The van der Waals surface area contributed by atoms with Crippen LogP contribution in [0.4, 0.5) is 10.5 Å². The number of aliphatic carboxylic acids is 1. The molecule has 0 aliphatic rings. The Balaban J connectivity index is 3.13. The molecule has 25 heavy (non-hydrogen) atoms. The third kappa shape index (κ3) is 5.59. The van der Waals surface area contributed by atoms with Crippen molar-refractivity contribution < 1.29 is 29.5 Å². The van der Waals surface area contributed by atoms with Gasteiger partial charge >= 0.3 is 17.7 Å². The number of carboxylic acids is 1. The van der Waals surface area contributed by atoms with Crippen molar-refractivity contribution in [1.82, 2.24) is 5.32 Å². The molecular weight excluding hydrogens is 400 g/mol. The molecule has 0 saturated heterocycles. The Bertz CT molecular complexity index is 713. The van der Waals surface area contributed by atoms with Gasteiger partial charge in [0.05, 0.1) is 4.92 Å². The zero-order chi connectivity index (χ0) is 19.5. The van der Waals surface area contributed by atoms with E-state index in [1.54, 1.807) is 20.8 Å². The van der Waals surface area contributed by atoms with Gasteiger partial charge in [0.1, 0.15) is 11.6 Å². The van der Waals surface area contributed by atoms with Crippen LogP contribution in [0.3, 0.4) is 0 Å². The predicted octanol–water partition coefficient (Wildman–Crippen LogP) is 2.89. The van der Waals surface area contributed by atoms with Gasteiger partial charge in [0, 0.05) is 22.0 Å². The Kier molecular flexibility index (Phi) is 6.36. The van der Waals surface area contributed by atoms with Gasteiger partial charge in [-0.25, -0.2) is 9.59 Å². The number of aromatic hydroxyl groups is 1. The number of alkyl carbamates (subject to hydrolysis) is 1. The number of hydrogen-bond donors (Lipinski definition) is 3. The molecule has 0 spiro atoms. The summed E-state index contributed by atoms with van der Waals surface area (Å²) in [6, 6.07) is -0.0559. The predicted molar refractivity (Wildman–Crippen MR) is 91.7 cm³/mol. The van der Waals surface area contributed by atoms with Crippen molar-refractivity contribution >= 4 is 33.7 Å². The van der Waals surface area contributed by atoms with Crippen LogP contribution in [-0.4, -0.2) is 38.8 Å². The summed E-state index contributed by atoms with van der Waals surface area (Å²) < 4.78 is 5.34. The van der Waals surface area contributed by atoms with E-state index in [-0.39, 0.29) is 17.5 Å². The van der Waals surface area contributed by atoms with E-state index in [1.807, 2.05) is 0 Å². The van der Waals surface area contributed by atoms with Crippen LogP contribution in [-0.2, 0) is 16.0 Å². The average Bonchev–Trinajstić information content (AvgIpc) is 2.41. The number of phenols is 1. The highest BCUT2D eigenvalue weighted by atomic mass is 79.9. The van der Waals surface area contributed by atoms with Crippen molar-refractivity contribution in [2.45, 2.75) is 45.8 Å². The second-order valence-electron chi connectivity index (χ2n) is 6.34. The second kappa shape index (κ2) is 7.68. The van der Waals surface area contributed by atoms with Crippen molar-refractivity contribution in [1.29, 1.82) is 0 Å². The van der Waals surface area contributed by atoms with Gasteiger partial charge in [-0.3, -0.25) is 10.1 Å². The molecule has 9 nitrogen and oxygen atoms in total. The smallest absolute Gasteiger partial charge is 0.408 e. The van der Waals surface area contributed by atoms with Crippen molar-refractivity contribution in [3.63, 3.8) is 0 Å². The largest absolute Gasteiger partial charge is 0.502 e. The van der Waals surface area contributed by atoms with E-state index in [2.05, 4.69) is 21.2 Å². The highest BCUT2D eigenvalue weighted by Crippen LogP contribution is 2.38. The maximum absolute atomic E-state index is 11.8. The van der Waals surface area contributed by atoms with Crippen LogP contribution in [0.25, 0.3) is 0 Å². The third-order valence-electron chi connectivity index (χ3n) is 3.14. The lowest BCUT2D eigenvalue weighted by molar-refractivity contribution is -0.386. The SMILES string of the molecule is Cc1c(Br)cc(CC(NC(=O)OC(C)(C)C)C(=O)O)c(O)c1[N+](=O)[O-]. The maximum Gasteiger partial charge on any atom is 0.408 e. The zero-order valence-electron chi connectivity index (χ0n) is 14.1. The molecule has 1 rings (SSSR count). The number of halogens is 1. The number of nitrogens with one attached hydrogen (secondary N) is 1. The van der Waals surface area contributed by atoms with Crippen molar-refractivity contribution in [3.8, 4) is 5.75 Å². The molecule has 0 aromatic heterocycles. The van der Waals surface area contributed by atoms with Crippen molar-refractivity contribution in [2.24, 2.45) is 0 Å². The van der Waals surface area contributed by atoms with Crippen LogP contribution >= 0.6 is 15.9 Å². The lowest BCUT2D eigenvalue weighted by atomic mass is 10.0. The molecular formula is C15H19BrN2O7. The zero-order valence-corrected chi connectivity index (χ0v) is 15.7. The topological polar surface area (TPSA) is 139 Å². The molecule has 1 aromatic carbocycles. The molecule has 0 aliphatic carbocycles. The number of hydrogen-bond acceptors (Lipinski definition) is 6. The first kappa shape index (κ1) is 20.7. The number of rotatable bonds is 5. The van der Waals surface area contributed by atoms with Crippen LogP contribution in [0, 0.1) is 17.0 Å². The number of benzene rings is 1. The summed E-state index contributed by atoms with van der Waals surface area (Å²) in [4.78, 5) is 33.5. The van der Waals surface area contributed by atoms with Crippen LogP contribution in [0.5, 0.6) is 5.75 Å². The number of carboxylic acid groups (broad SMARTS) is 1. The molecule has 138 valence electrons. The Morgan fingerprint density at radius 2 is 2.00 bits per heavy atom. The first-order chi connectivity index (χ1) is 11.3. The molecule has 0 bridgehead atoms. The van der Waals surface area contributed by atoms with E-state index >= 15 is 0 Å². The monoisotopic (exact) mass is 418 g/mol. The lowest BCUT2D eigenvalue weighted by Crippen LogP contribution is -2.44. The van der Waals surface area contributed by atoms with Gasteiger partial charge in [-0.15, -0.1) is 0 Å². The Labute approximate surface area is 152 Å². The molecule has 1 aromatic rings. The Hall–Kier alpha value is -2.36. The number of nitro groups is 1. The fraction of sp³-hybridized carbons (Fsp3) is 0.467. The van der Waals surface area contributed by atoms with Crippen molar-refractivity contribution in [2.75, 3.05) is 0 Å². The number of carbonyl (C=O) groups is 2. The summed E-state index contributed by atoms with van der Waals surface area (Å²) >= 11 is 3.14. The molecule has 3 N–H and O–H groups in total. The molecule has 0 heterocycles. The van der Waals surface area contributed by atoms with Gasteiger partial charge in [-0.2, -0.15) is 0 Å². The van der Waals surface area contributed by atoms with Crippen LogP contribution in [0.1, 0.15) is 31.9 Å². The molecule has 0 radical (unpaired) electrons. The summed E-state index contributed by atoms with van der Waals surface area (Å²) in [6.45, 7) is 6.30. The van der Waals surface area contributed by atoms with Gasteiger partial charge in [-0.1, -0.05) is 15.9 Å². The van der Waals surface area contributed by atoms with E-state index in [9.17, 15) is 29.9 Å². The van der Waals surface area contributed by atoms with Gasteiger partial charge in [0.15, 0.2) is 5.75 Å². The van der Waals surface area contributed by atoms with E-state index in [1.165, 1.54) is 13.0 Å². The first-order valence-corrected chi connectivity index (χ1v) is 8.00. The summed E-state index contributed by atoms with van der Waals surface area (Å²) in [5, 5.41) is 32.7.